The van der Waals surface area contributed by atoms with Crippen molar-refractivity contribution in [2.75, 3.05) is 6.54 Å². The lowest BCUT2D eigenvalue weighted by molar-refractivity contribution is 0.0948. The standard InChI is InChI=1S/C17H24N2O2/c1-12-15(19-17(21-12)14-8-5-9-14)16(20)18-11-10-13-6-3-2-4-7-13/h6,14H,2-5,7-11H2,1H3,(H,18,20). The molecule has 0 unspecified atom stereocenters. The van der Waals surface area contributed by atoms with E-state index in [1.807, 2.05) is 6.92 Å². The quantitative estimate of drug-likeness (QED) is 0.837. The second-order valence-electron chi connectivity index (χ2n) is 6.20. The van der Waals surface area contributed by atoms with Crippen LogP contribution in [0.5, 0.6) is 0 Å². The maximum atomic E-state index is 12.2. The third kappa shape index (κ3) is 3.36. The first kappa shape index (κ1) is 14.4. The third-order valence-electron chi connectivity index (χ3n) is 4.60. The fourth-order valence-corrected chi connectivity index (χ4v) is 3.01. The zero-order valence-corrected chi connectivity index (χ0v) is 12.8. The summed E-state index contributed by atoms with van der Waals surface area (Å²) in [6.45, 7) is 2.52. The number of amides is 1. The normalized spacial score (nSPS) is 19.0. The van der Waals surface area contributed by atoms with Gasteiger partial charge in [0.15, 0.2) is 11.6 Å². The van der Waals surface area contributed by atoms with E-state index in [-0.39, 0.29) is 5.91 Å². The van der Waals surface area contributed by atoms with E-state index in [1.54, 1.807) is 0 Å². The van der Waals surface area contributed by atoms with Gasteiger partial charge in [-0.25, -0.2) is 4.98 Å². The van der Waals surface area contributed by atoms with Crippen LogP contribution in [0.2, 0.25) is 0 Å². The minimum Gasteiger partial charge on any atom is -0.445 e. The fourth-order valence-electron chi connectivity index (χ4n) is 3.01. The zero-order valence-electron chi connectivity index (χ0n) is 12.8. The Hall–Kier alpha value is -1.58. The molecule has 0 saturated heterocycles. The van der Waals surface area contributed by atoms with Gasteiger partial charge in [-0.15, -0.1) is 0 Å². The van der Waals surface area contributed by atoms with Crippen molar-refractivity contribution in [2.24, 2.45) is 0 Å². The van der Waals surface area contributed by atoms with Crippen molar-refractivity contribution < 1.29 is 9.21 Å². The van der Waals surface area contributed by atoms with Gasteiger partial charge in [-0.1, -0.05) is 18.1 Å². The molecule has 1 heterocycles. The van der Waals surface area contributed by atoms with Gasteiger partial charge in [0.2, 0.25) is 0 Å². The van der Waals surface area contributed by atoms with Crippen molar-refractivity contribution in [3.05, 3.63) is 29.0 Å². The summed E-state index contributed by atoms with van der Waals surface area (Å²) >= 11 is 0. The molecule has 21 heavy (non-hydrogen) atoms. The largest absolute Gasteiger partial charge is 0.445 e. The van der Waals surface area contributed by atoms with E-state index in [1.165, 1.54) is 37.7 Å². The molecule has 1 saturated carbocycles. The molecule has 2 aliphatic carbocycles. The molecular weight excluding hydrogens is 264 g/mol. The van der Waals surface area contributed by atoms with E-state index in [0.29, 0.717) is 23.9 Å². The molecule has 3 rings (SSSR count). The van der Waals surface area contributed by atoms with Gasteiger partial charge in [-0.05, 0) is 51.9 Å². The first-order valence-electron chi connectivity index (χ1n) is 8.17. The van der Waals surface area contributed by atoms with Gasteiger partial charge in [0.25, 0.3) is 5.91 Å². The highest BCUT2D eigenvalue weighted by Crippen LogP contribution is 2.36. The van der Waals surface area contributed by atoms with Crippen molar-refractivity contribution in [1.29, 1.82) is 0 Å². The molecule has 1 N–H and O–H groups in total. The molecule has 4 nitrogen and oxygen atoms in total. The Labute approximate surface area is 126 Å². The van der Waals surface area contributed by atoms with E-state index < -0.39 is 0 Å². The number of allylic oxidation sites excluding steroid dienone is 1. The Balaban J connectivity index is 1.52. The summed E-state index contributed by atoms with van der Waals surface area (Å²) in [6.07, 6.45) is 11.8. The smallest absolute Gasteiger partial charge is 0.273 e. The molecule has 114 valence electrons. The van der Waals surface area contributed by atoms with Crippen LogP contribution in [0.15, 0.2) is 16.1 Å². The maximum absolute atomic E-state index is 12.2. The van der Waals surface area contributed by atoms with Crippen LogP contribution in [0.4, 0.5) is 0 Å². The van der Waals surface area contributed by atoms with Crippen LogP contribution >= 0.6 is 0 Å². The highest BCUT2D eigenvalue weighted by atomic mass is 16.4. The fraction of sp³-hybridized carbons (Fsp3) is 0.647. The highest BCUT2D eigenvalue weighted by molar-refractivity contribution is 5.93. The number of oxazole rings is 1. The lowest BCUT2D eigenvalue weighted by atomic mass is 9.85. The third-order valence-corrected chi connectivity index (χ3v) is 4.60. The van der Waals surface area contributed by atoms with Gasteiger partial charge in [0.05, 0.1) is 0 Å². The number of carbonyl (C=O) groups is 1. The second kappa shape index (κ2) is 6.46. The van der Waals surface area contributed by atoms with Crippen molar-refractivity contribution in [2.45, 2.75) is 64.2 Å². The number of aromatic nitrogens is 1. The average molecular weight is 288 g/mol. The Kier molecular flexibility index (Phi) is 4.42. The molecule has 2 aliphatic rings. The number of nitrogens with one attached hydrogen (secondary N) is 1. The number of hydrogen-bond acceptors (Lipinski definition) is 3. The summed E-state index contributed by atoms with van der Waals surface area (Å²) in [5, 5.41) is 2.97. The average Bonchev–Trinajstić information content (AvgIpc) is 2.79. The molecule has 1 fully saturated rings. The van der Waals surface area contributed by atoms with Crippen LogP contribution in [0, 0.1) is 6.92 Å². The van der Waals surface area contributed by atoms with Crippen LogP contribution in [0.1, 0.15) is 79.4 Å². The van der Waals surface area contributed by atoms with Gasteiger partial charge >= 0.3 is 0 Å². The minimum absolute atomic E-state index is 0.0989. The predicted molar refractivity (Wildman–Crippen MR) is 81.3 cm³/mol. The summed E-state index contributed by atoms with van der Waals surface area (Å²) in [6, 6.07) is 0. The second-order valence-corrected chi connectivity index (χ2v) is 6.20. The molecule has 0 aromatic carbocycles. The van der Waals surface area contributed by atoms with Crippen LogP contribution < -0.4 is 5.32 Å². The van der Waals surface area contributed by atoms with Crippen molar-refractivity contribution >= 4 is 5.91 Å². The monoisotopic (exact) mass is 288 g/mol. The molecule has 0 radical (unpaired) electrons. The first-order valence-corrected chi connectivity index (χ1v) is 8.17. The van der Waals surface area contributed by atoms with Crippen LogP contribution in [0.3, 0.4) is 0 Å². The summed E-state index contributed by atoms with van der Waals surface area (Å²) in [7, 11) is 0. The van der Waals surface area contributed by atoms with Gasteiger partial charge in [0, 0.05) is 12.5 Å². The SMILES string of the molecule is Cc1oc(C2CCC2)nc1C(=O)NCCC1=CCCCC1. The number of hydrogen-bond donors (Lipinski definition) is 1. The van der Waals surface area contributed by atoms with E-state index in [0.717, 1.165) is 25.2 Å². The first-order chi connectivity index (χ1) is 10.2. The molecule has 0 spiro atoms. The zero-order chi connectivity index (χ0) is 14.7. The molecule has 0 aliphatic heterocycles. The summed E-state index contributed by atoms with van der Waals surface area (Å²) in [5.41, 5.74) is 1.95. The summed E-state index contributed by atoms with van der Waals surface area (Å²) in [4.78, 5) is 16.6. The predicted octanol–water partition coefficient (Wildman–Crippen LogP) is 3.87. The Bertz CT molecular complexity index is 541. The molecule has 4 heteroatoms. The summed E-state index contributed by atoms with van der Waals surface area (Å²) in [5.74, 6) is 1.72. The molecule has 1 aromatic heterocycles. The molecular formula is C17H24N2O2. The maximum Gasteiger partial charge on any atom is 0.273 e. The molecule has 0 atom stereocenters. The Morgan fingerprint density at radius 1 is 1.38 bits per heavy atom. The number of rotatable bonds is 5. The molecule has 0 bridgehead atoms. The van der Waals surface area contributed by atoms with Gasteiger partial charge in [-0.3, -0.25) is 4.79 Å². The Morgan fingerprint density at radius 2 is 2.24 bits per heavy atom. The van der Waals surface area contributed by atoms with E-state index in [2.05, 4.69) is 16.4 Å². The van der Waals surface area contributed by atoms with Crippen LogP contribution in [-0.4, -0.2) is 17.4 Å². The lowest BCUT2D eigenvalue weighted by Gasteiger charge is -2.21. The van der Waals surface area contributed by atoms with E-state index >= 15 is 0 Å². The van der Waals surface area contributed by atoms with Gasteiger partial charge in [-0.2, -0.15) is 0 Å². The van der Waals surface area contributed by atoms with E-state index in [4.69, 9.17) is 4.42 Å². The number of nitrogens with zero attached hydrogens (tertiary/aromatic N) is 1. The van der Waals surface area contributed by atoms with E-state index in [9.17, 15) is 4.79 Å². The molecule has 1 aromatic rings. The topological polar surface area (TPSA) is 55.1 Å². The van der Waals surface area contributed by atoms with Crippen LogP contribution in [-0.2, 0) is 0 Å². The van der Waals surface area contributed by atoms with Gasteiger partial charge in [0.1, 0.15) is 5.76 Å². The molecule has 1 amide bonds. The lowest BCUT2D eigenvalue weighted by Crippen LogP contribution is -2.26. The minimum atomic E-state index is -0.0989. The number of carbonyl (C=O) groups excluding carboxylic acids is 1. The highest BCUT2D eigenvalue weighted by Gasteiger charge is 2.27. The Morgan fingerprint density at radius 3 is 2.90 bits per heavy atom. The van der Waals surface area contributed by atoms with Crippen LogP contribution in [0.25, 0.3) is 0 Å². The van der Waals surface area contributed by atoms with Crippen molar-refractivity contribution in [1.82, 2.24) is 10.3 Å². The van der Waals surface area contributed by atoms with Gasteiger partial charge < -0.3 is 9.73 Å². The summed E-state index contributed by atoms with van der Waals surface area (Å²) < 4.78 is 5.65. The van der Waals surface area contributed by atoms with Crippen molar-refractivity contribution in [3.8, 4) is 0 Å². The van der Waals surface area contributed by atoms with Crippen molar-refractivity contribution in [3.63, 3.8) is 0 Å². The number of aryl methyl sites for hydroxylation is 1.